The molecule has 0 saturated carbocycles. The maximum absolute atomic E-state index is 13.2. The van der Waals surface area contributed by atoms with Gasteiger partial charge in [-0.2, -0.15) is 0 Å². The largest absolute Gasteiger partial charge is 0.467 e. The van der Waals surface area contributed by atoms with Crippen LogP contribution >= 0.6 is 0 Å². The van der Waals surface area contributed by atoms with Crippen molar-refractivity contribution < 1.29 is 43.9 Å². The van der Waals surface area contributed by atoms with Crippen molar-refractivity contribution in [2.45, 2.75) is 62.1 Å². The summed E-state index contributed by atoms with van der Waals surface area (Å²) in [6.45, 7) is 3.16. The van der Waals surface area contributed by atoms with E-state index in [2.05, 4.69) is 5.32 Å². The number of amides is 1. The fourth-order valence-electron chi connectivity index (χ4n) is 4.40. The lowest BCUT2D eigenvalue weighted by atomic mass is 9.85. The number of methoxy groups -OCH3 is 1. The van der Waals surface area contributed by atoms with Crippen LogP contribution in [-0.2, 0) is 23.8 Å². The van der Waals surface area contributed by atoms with Crippen molar-refractivity contribution in [2.75, 3.05) is 7.11 Å². The molecule has 1 aromatic rings. The van der Waals surface area contributed by atoms with Crippen LogP contribution in [0.4, 0.5) is 0 Å². The average Bonchev–Trinajstić information content (AvgIpc) is 3.51. The molecule has 1 aromatic carbocycles. The van der Waals surface area contributed by atoms with Crippen LogP contribution in [0.2, 0.25) is 0 Å². The fraction of sp³-hybridized carbons (Fsp3) is 0.500. The van der Waals surface area contributed by atoms with E-state index in [-0.39, 0.29) is 23.0 Å². The fourth-order valence-corrected chi connectivity index (χ4v) is 4.40. The molecule has 172 valence electrons. The van der Waals surface area contributed by atoms with Crippen molar-refractivity contribution in [2.24, 2.45) is 0 Å². The third kappa shape index (κ3) is 2.95. The summed E-state index contributed by atoms with van der Waals surface area (Å²) in [5.74, 6) is -3.17. The number of benzene rings is 1. The summed E-state index contributed by atoms with van der Waals surface area (Å²) >= 11 is 0. The van der Waals surface area contributed by atoms with Crippen LogP contribution in [0.25, 0.3) is 0 Å². The number of nitrogens with one attached hydrogen (secondary N) is 1. The van der Waals surface area contributed by atoms with Crippen LogP contribution in [0.5, 0.6) is 0 Å². The lowest BCUT2D eigenvalue weighted by Gasteiger charge is -2.32. The molecule has 3 aliphatic rings. The molecule has 2 saturated heterocycles. The summed E-state index contributed by atoms with van der Waals surface area (Å²) in [6.07, 6.45) is -5.43. The van der Waals surface area contributed by atoms with Crippen LogP contribution in [0.3, 0.4) is 0 Å². The lowest BCUT2D eigenvalue weighted by Crippen LogP contribution is -2.60. The van der Waals surface area contributed by atoms with Crippen LogP contribution in [-0.4, -0.2) is 81.7 Å². The Hall–Kier alpha value is -2.63. The standard InChI is InChI=1S/C22H25NO9/c1-4-12-16(31-12)14(25)13(24)15-10(2)17(26)21(32-15)19(28)22(30-3,23-20(21)29)18(27)11-8-6-5-7-9-11/h5-9,12-14,16,19,24-25,28H,4H2,1-3H3,(H,23,29)/t12?,13-,14+,16?,19+,21+,22+/m0/s1. The Morgan fingerprint density at radius 1 is 1.25 bits per heavy atom. The first-order valence-corrected chi connectivity index (χ1v) is 10.3. The van der Waals surface area contributed by atoms with Gasteiger partial charge in [0.2, 0.25) is 17.3 Å². The quantitative estimate of drug-likeness (QED) is 0.239. The molecule has 32 heavy (non-hydrogen) atoms. The highest BCUT2D eigenvalue weighted by Crippen LogP contribution is 2.45. The summed E-state index contributed by atoms with van der Waals surface area (Å²) < 4.78 is 16.2. The first-order chi connectivity index (χ1) is 15.2. The number of carbonyl (C=O) groups excluding carboxylic acids is 3. The molecule has 4 rings (SSSR count). The number of Topliss-reactive ketones (excluding diaryl/α,β-unsaturated/α-hetero) is 2. The van der Waals surface area contributed by atoms with Gasteiger partial charge in [0.25, 0.3) is 11.5 Å². The smallest absolute Gasteiger partial charge is 0.278 e. The first kappa shape index (κ1) is 22.6. The zero-order valence-electron chi connectivity index (χ0n) is 17.8. The van der Waals surface area contributed by atoms with E-state index in [1.807, 2.05) is 6.92 Å². The van der Waals surface area contributed by atoms with E-state index in [0.717, 1.165) is 7.11 Å². The second kappa shape index (κ2) is 7.75. The van der Waals surface area contributed by atoms with Crippen LogP contribution in [0.15, 0.2) is 41.7 Å². The van der Waals surface area contributed by atoms with E-state index in [1.54, 1.807) is 18.2 Å². The summed E-state index contributed by atoms with van der Waals surface area (Å²) in [4.78, 5) is 39.4. The SMILES string of the molecule is CCC1OC1[C@H](O)[C@H](O)C1=C(C)C(=O)[C@]2(O1)C(=O)N[C@@](OC)(C(=O)c1ccccc1)[C@@H]2O. The van der Waals surface area contributed by atoms with Crippen molar-refractivity contribution in [1.82, 2.24) is 5.32 Å². The Kier molecular flexibility index (Phi) is 5.46. The highest BCUT2D eigenvalue weighted by molar-refractivity contribution is 6.23. The van der Waals surface area contributed by atoms with Crippen LogP contribution in [0.1, 0.15) is 30.6 Å². The van der Waals surface area contributed by atoms with Crippen molar-refractivity contribution in [1.29, 1.82) is 0 Å². The first-order valence-electron chi connectivity index (χ1n) is 10.3. The van der Waals surface area contributed by atoms with Gasteiger partial charge in [0, 0.05) is 18.2 Å². The van der Waals surface area contributed by atoms with E-state index >= 15 is 0 Å². The molecule has 1 spiro atoms. The van der Waals surface area contributed by atoms with Crippen molar-refractivity contribution in [3.05, 3.63) is 47.2 Å². The van der Waals surface area contributed by atoms with Gasteiger partial charge in [0.15, 0.2) is 6.10 Å². The molecule has 0 aromatic heterocycles. The molecule has 2 unspecified atom stereocenters. The second-order valence-corrected chi connectivity index (χ2v) is 8.13. The maximum atomic E-state index is 13.2. The third-order valence-electron chi connectivity index (χ3n) is 6.37. The van der Waals surface area contributed by atoms with Crippen molar-refractivity contribution in [3.8, 4) is 0 Å². The summed E-state index contributed by atoms with van der Waals surface area (Å²) in [5, 5.41) is 34.5. The van der Waals surface area contributed by atoms with E-state index in [1.165, 1.54) is 19.1 Å². The minimum Gasteiger partial charge on any atom is -0.467 e. The number of hydrogen-bond donors (Lipinski definition) is 4. The molecular formula is C22H25NO9. The minimum absolute atomic E-state index is 0.132. The topological polar surface area (TPSA) is 155 Å². The van der Waals surface area contributed by atoms with Gasteiger partial charge >= 0.3 is 0 Å². The van der Waals surface area contributed by atoms with E-state index < -0.39 is 53.2 Å². The molecule has 3 heterocycles. The molecule has 7 atom stereocenters. The Labute approximate surface area is 183 Å². The van der Waals surface area contributed by atoms with Gasteiger partial charge in [-0.3, -0.25) is 14.4 Å². The summed E-state index contributed by atoms with van der Waals surface area (Å²) in [7, 11) is 1.11. The minimum atomic E-state index is -2.55. The van der Waals surface area contributed by atoms with Crippen LogP contribution in [0, 0.1) is 0 Å². The molecule has 1 amide bonds. The molecular weight excluding hydrogens is 422 g/mol. The van der Waals surface area contributed by atoms with Crippen molar-refractivity contribution >= 4 is 17.5 Å². The lowest BCUT2D eigenvalue weighted by molar-refractivity contribution is -0.163. The predicted molar refractivity (Wildman–Crippen MR) is 107 cm³/mol. The predicted octanol–water partition coefficient (Wildman–Crippen LogP) is -0.786. The third-order valence-corrected chi connectivity index (χ3v) is 6.37. The summed E-state index contributed by atoms with van der Waals surface area (Å²) in [6, 6.07) is 7.82. The summed E-state index contributed by atoms with van der Waals surface area (Å²) in [5.41, 5.74) is -4.86. The zero-order chi connectivity index (χ0) is 23.4. The second-order valence-electron chi connectivity index (χ2n) is 8.13. The van der Waals surface area contributed by atoms with Gasteiger partial charge in [-0.1, -0.05) is 37.3 Å². The number of rotatable bonds is 7. The molecule has 4 N–H and O–H groups in total. The number of carbonyl (C=O) groups is 3. The molecule has 0 radical (unpaired) electrons. The Morgan fingerprint density at radius 2 is 1.91 bits per heavy atom. The molecule has 0 bridgehead atoms. The number of aliphatic hydroxyl groups is 3. The average molecular weight is 447 g/mol. The Balaban J connectivity index is 1.66. The Bertz CT molecular complexity index is 992. The van der Waals surface area contributed by atoms with Gasteiger partial charge < -0.3 is 34.8 Å². The highest BCUT2D eigenvalue weighted by Gasteiger charge is 2.74. The molecule has 0 aliphatic carbocycles. The maximum Gasteiger partial charge on any atom is 0.278 e. The number of ketones is 2. The van der Waals surface area contributed by atoms with Gasteiger partial charge in [-0.25, -0.2) is 0 Å². The monoisotopic (exact) mass is 447 g/mol. The molecule has 2 fully saturated rings. The molecule has 3 aliphatic heterocycles. The van der Waals surface area contributed by atoms with Gasteiger partial charge in [0.05, 0.1) is 6.10 Å². The van der Waals surface area contributed by atoms with Crippen LogP contribution < -0.4 is 5.32 Å². The molecule has 10 heteroatoms. The number of ether oxygens (including phenoxy) is 3. The van der Waals surface area contributed by atoms with Crippen molar-refractivity contribution in [3.63, 3.8) is 0 Å². The number of aliphatic hydroxyl groups excluding tert-OH is 3. The number of epoxide rings is 1. The highest BCUT2D eigenvalue weighted by atomic mass is 16.6. The van der Waals surface area contributed by atoms with Gasteiger partial charge in [-0.05, 0) is 13.3 Å². The van der Waals surface area contributed by atoms with Gasteiger partial charge in [0.1, 0.15) is 24.1 Å². The normalized spacial score (nSPS) is 35.6. The van der Waals surface area contributed by atoms with E-state index in [4.69, 9.17) is 14.2 Å². The molecule has 10 nitrogen and oxygen atoms in total. The Morgan fingerprint density at radius 3 is 2.47 bits per heavy atom. The zero-order valence-corrected chi connectivity index (χ0v) is 17.8. The number of hydrogen-bond acceptors (Lipinski definition) is 9. The van der Waals surface area contributed by atoms with Gasteiger partial charge in [-0.15, -0.1) is 0 Å². The van der Waals surface area contributed by atoms with E-state index in [0.29, 0.717) is 6.42 Å². The van der Waals surface area contributed by atoms with E-state index in [9.17, 15) is 29.7 Å².